The van der Waals surface area contributed by atoms with Crippen LogP contribution in [0.1, 0.15) is 21.6 Å². The zero-order valence-electron chi connectivity index (χ0n) is 10.8. The molecule has 2 aromatic rings. The number of hydrogen-bond donors (Lipinski definition) is 1. The van der Waals surface area contributed by atoms with Crippen LogP contribution in [-0.4, -0.2) is 15.7 Å². The summed E-state index contributed by atoms with van der Waals surface area (Å²) in [5, 5.41) is 6.87. The molecule has 6 heteroatoms. The number of benzene rings is 1. The molecule has 1 aromatic heterocycles. The Kier molecular flexibility index (Phi) is 3.71. The van der Waals surface area contributed by atoms with Crippen molar-refractivity contribution in [2.24, 2.45) is 7.05 Å². The summed E-state index contributed by atoms with van der Waals surface area (Å²) in [6.07, 6.45) is 1.65. The van der Waals surface area contributed by atoms with Crippen molar-refractivity contribution >= 4 is 27.5 Å². The van der Waals surface area contributed by atoms with Gasteiger partial charge in [0.25, 0.3) is 5.91 Å². The first kappa shape index (κ1) is 13.7. The van der Waals surface area contributed by atoms with Crippen LogP contribution in [0, 0.1) is 19.7 Å². The monoisotopic (exact) mass is 325 g/mol. The molecular formula is C13H13BrFN3O. The van der Waals surface area contributed by atoms with Crippen LogP contribution in [-0.2, 0) is 7.05 Å². The van der Waals surface area contributed by atoms with Crippen LogP contribution >= 0.6 is 15.9 Å². The predicted octanol–water partition coefficient (Wildman–Crippen LogP) is 3.19. The molecule has 19 heavy (non-hydrogen) atoms. The summed E-state index contributed by atoms with van der Waals surface area (Å²) >= 11 is 3.10. The second kappa shape index (κ2) is 5.13. The lowest BCUT2D eigenvalue weighted by molar-refractivity contribution is 0.102. The maximum Gasteiger partial charge on any atom is 0.259 e. The van der Waals surface area contributed by atoms with Gasteiger partial charge >= 0.3 is 0 Å². The number of hydrogen-bond acceptors (Lipinski definition) is 2. The molecule has 1 heterocycles. The Morgan fingerprint density at radius 3 is 2.68 bits per heavy atom. The third kappa shape index (κ3) is 2.84. The maximum absolute atomic E-state index is 13.3. The molecule has 0 aliphatic rings. The number of carbonyl (C=O) groups is 1. The molecule has 2 rings (SSSR count). The maximum atomic E-state index is 13.3. The summed E-state index contributed by atoms with van der Waals surface area (Å²) < 4.78 is 15.2. The summed E-state index contributed by atoms with van der Waals surface area (Å²) in [4.78, 5) is 12.1. The van der Waals surface area contributed by atoms with E-state index in [4.69, 9.17) is 0 Å². The van der Waals surface area contributed by atoms with Gasteiger partial charge in [-0.3, -0.25) is 9.48 Å². The lowest BCUT2D eigenvalue weighted by Gasteiger charge is -2.09. The molecule has 4 nitrogen and oxygen atoms in total. The molecule has 1 N–H and O–H groups in total. The quantitative estimate of drug-likeness (QED) is 0.921. The van der Waals surface area contributed by atoms with Crippen molar-refractivity contribution in [3.63, 3.8) is 0 Å². The van der Waals surface area contributed by atoms with Crippen LogP contribution in [0.4, 0.5) is 10.1 Å². The Morgan fingerprint density at radius 1 is 1.42 bits per heavy atom. The van der Waals surface area contributed by atoms with Gasteiger partial charge in [0.1, 0.15) is 5.82 Å². The molecule has 0 saturated carbocycles. The van der Waals surface area contributed by atoms with Gasteiger partial charge in [0.05, 0.1) is 15.7 Å². The fourth-order valence-electron chi connectivity index (χ4n) is 1.79. The number of aromatic nitrogens is 2. The summed E-state index contributed by atoms with van der Waals surface area (Å²) in [6, 6.07) is 2.92. The van der Waals surface area contributed by atoms with E-state index < -0.39 is 0 Å². The fourth-order valence-corrected chi connectivity index (χ4v) is 2.14. The van der Waals surface area contributed by atoms with E-state index >= 15 is 0 Å². The van der Waals surface area contributed by atoms with E-state index in [9.17, 15) is 9.18 Å². The van der Waals surface area contributed by atoms with Crippen molar-refractivity contribution in [1.29, 1.82) is 0 Å². The highest BCUT2D eigenvalue weighted by atomic mass is 79.9. The van der Waals surface area contributed by atoms with Crippen molar-refractivity contribution in [2.75, 3.05) is 5.32 Å². The Hall–Kier alpha value is -1.69. The number of anilines is 1. The highest BCUT2D eigenvalue weighted by molar-refractivity contribution is 9.10. The van der Waals surface area contributed by atoms with E-state index in [0.29, 0.717) is 27.0 Å². The lowest BCUT2D eigenvalue weighted by Crippen LogP contribution is -2.13. The van der Waals surface area contributed by atoms with Crippen LogP contribution in [0.3, 0.4) is 0 Å². The van der Waals surface area contributed by atoms with Crippen LogP contribution in [0.5, 0.6) is 0 Å². The van der Waals surface area contributed by atoms with Crippen molar-refractivity contribution in [2.45, 2.75) is 13.8 Å². The molecular weight excluding hydrogens is 313 g/mol. The van der Waals surface area contributed by atoms with Crippen LogP contribution in [0.2, 0.25) is 0 Å². The first-order valence-corrected chi connectivity index (χ1v) is 6.45. The second-order valence-corrected chi connectivity index (χ2v) is 5.19. The Morgan fingerprint density at radius 2 is 2.11 bits per heavy atom. The Balaban J connectivity index is 2.29. The molecule has 1 amide bonds. The number of nitrogens with one attached hydrogen (secondary N) is 1. The zero-order valence-corrected chi connectivity index (χ0v) is 12.4. The van der Waals surface area contributed by atoms with E-state index in [1.807, 2.05) is 0 Å². The SMILES string of the molecule is Cc1cc(F)c(Br)cc1NC(=O)c1cn(C)nc1C. The van der Waals surface area contributed by atoms with Gasteiger partial charge in [0.2, 0.25) is 0 Å². The van der Waals surface area contributed by atoms with Gasteiger partial charge in [0.15, 0.2) is 0 Å². The highest BCUT2D eigenvalue weighted by Crippen LogP contribution is 2.24. The minimum absolute atomic E-state index is 0.257. The average Bonchev–Trinajstić information content (AvgIpc) is 2.65. The number of aryl methyl sites for hydroxylation is 3. The van der Waals surface area contributed by atoms with Crippen molar-refractivity contribution in [3.8, 4) is 0 Å². The van der Waals surface area contributed by atoms with Gasteiger partial charge in [-0.2, -0.15) is 5.10 Å². The molecule has 0 bridgehead atoms. The third-order valence-corrected chi connectivity index (χ3v) is 3.38. The topological polar surface area (TPSA) is 46.9 Å². The van der Waals surface area contributed by atoms with E-state index in [-0.39, 0.29) is 11.7 Å². The first-order chi connectivity index (χ1) is 8.88. The van der Waals surface area contributed by atoms with E-state index in [2.05, 4.69) is 26.3 Å². The van der Waals surface area contributed by atoms with E-state index in [1.165, 1.54) is 6.07 Å². The molecule has 1 aromatic carbocycles. The normalized spacial score (nSPS) is 10.6. The number of rotatable bonds is 2. The number of amides is 1. The molecule has 0 unspecified atom stereocenters. The summed E-state index contributed by atoms with van der Waals surface area (Å²) in [5.74, 6) is -0.611. The summed E-state index contributed by atoms with van der Waals surface area (Å²) in [7, 11) is 1.75. The number of carbonyl (C=O) groups excluding carboxylic acids is 1. The third-order valence-electron chi connectivity index (χ3n) is 2.77. The Bertz CT molecular complexity index is 652. The molecule has 0 aliphatic carbocycles. The van der Waals surface area contributed by atoms with Gasteiger partial charge in [-0.05, 0) is 47.5 Å². The molecule has 0 fully saturated rings. The van der Waals surface area contributed by atoms with Gasteiger partial charge in [-0.15, -0.1) is 0 Å². The Labute approximate surface area is 118 Å². The molecule has 0 aliphatic heterocycles. The second-order valence-electron chi connectivity index (χ2n) is 4.34. The molecule has 0 atom stereocenters. The smallest absolute Gasteiger partial charge is 0.259 e. The van der Waals surface area contributed by atoms with Crippen LogP contribution in [0.15, 0.2) is 22.8 Å². The largest absolute Gasteiger partial charge is 0.322 e. The van der Waals surface area contributed by atoms with E-state index in [1.54, 1.807) is 37.8 Å². The van der Waals surface area contributed by atoms with Crippen LogP contribution < -0.4 is 5.32 Å². The zero-order chi connectivity index (χ0) is 14.2. The predicted molar refractivity (Wildman–Crippen MR) is 74.7 cm³/mol. The fraction of sp³-hybridized carbons (Fsp3) is 0.231. The van der Waals surface area contributed by atoms with Gasteiger partial charge in [-0.1, -0.05) is 0 Å². The minimum atomic E-state index is -0.354. The molecule has 0 saturated heterocycles. The first-order valence-electron chi connectivity index (χ1n) is 5.65. The minimum Gasteiger partial charge on any atom is -0.322 e. The average molecular weight is 326 g/mol. The van der Waals surface area contributed by atoms with E-state index in [0.717, 1.165) is 0 Å². The van der Waals surface area contributed by atoms with Crippen molar-refractivity contribution in [3.05, 3.63) is 45.4 Å². The van der Waals surface area contributed by atoms with Crippen molar-refractivity contribution in [1.82, 2.24) is 9.78 Å². The van der Waals surface area contributed by atoms with Gasteiger partial charge < -0.3 is 5.32 Å². The van der Waals surface area contributed by atoms with Crippen molar-refractivity contribution < 1.29 is 9.18 Å². The van der Waals surface area contributed by atoms with Crippen LogP contribution in [0.25, 0.3) is 0 Å². The standard InChI is InChI=1S/C13H13BrFN3O/c1-7-4-11(15)10(14)5-12(7)16-13(19)9-6-18(3)17-8(9)2/h4-6H,1-3H3,(H,16,19). The summed E-state index contributed by atoms with van der Waals surface area (Å²) in [5.41, 5.74) is 2.39. The number of halogens is 2. The lowest BCUT2D eigenvalue weighted by atomic mass is 10.2. The molecule has 0 spiro atoms. The summed E-state index contributed by atoms with van der Waals surface area (Å²) in [6.45, 7) is 3.50. The van der Waals surface area contributed by atoms with Gasteiger partial charge in [0, 0.05) is 18.9 Å². The highest BCUT2D eigenvalue weighted by Gasteiger charge is 2.14. The van der Waals surface area contributed by atoms with Gasteiger partial charge in [-0.25, -0.2) is 4.39 Å². The molecule has 100 valence electrons. The number of nitrogens with zero attached hydrogens (tertiary/aromatic N) is 2. The molecule has 0 radical (unpaired) electrons.